The van der Waals surface area contributed by atoms with Crippen molar-refractivity contribution < 1.29 is 9.18 Å². The Labute approximate surface area is 146 Å². The second kappa shape index (κ2) is 10.0. The minimum atomic E-state index is -0.272. The van der Waals surface area contributed by atoms with E-state index in [-0.39, 0.29) is 18.3 Å². The van der Waals surface area contributed by atoms with Gasteiger partial charge in [-0.25, -0.2) is 9.38 Å². The van der Waals surface area contributed by atoms with Gasteiger partial charge < -0.3 is 16.0 Å². The number of carbonyl (C=O) groups excluding carboxylic acids is 1. The van der Waals surface area contributed by atoms with Gasteiger partial charge in [-0.05, 0) is 25.1 Å². The largest absolute Gasteiger partial charge is 0.357 e. The highest BCUT2D eigenvalue weighted by Gasteiger charge is 2.04. The Hall–Kier alpha value is -2.96. The Morgan fingerprint density at radius 1 is 1.12 bits per heavy atom. The maximum atomic E-state index is 13.6. The van der Waals surface area contributed by atoms with Crippen molar-refractivity contribution in [2.24, 2.45) is 4.99 Å². The summed E-state index contributed by atoms with van der Waals surface area (Å²) in [5.41, 5.74) is 1.05. The average molecular weight is 343 g/mol. The monoisotopic (exact) mass is 343 g/mol. The van der Waals surface area contributed by atoms with E-state index in [1.54, 1.807) is 36.5 Å². The van der Waals surface area contributed by atoms with Crippen LogP contribution in [-0.2, 0) is 6.54 Å². The number of hydrogen-bond donors (Lipinski definition) is 3. The third-order valence-electron chi connectivity index (χ3n) is 3.34. The molecular weight excluding hydrogens is 321 g/mol. The summed E-state index contributed by atoms with van der Waals surface area (Å²) in [5.74, 6) is 0.121. The van der Waals surface area contributed by atoms with Crippen molar-refractivity contribution in [3.05, 3.63) is 65.7 Å². The van der Waals surface area contributed by atoms with Crippen LogP contribution in [0.3, 0.4) is 0 Å². The van der Waals surface area contributed by atoms with Crippen molar-refractivity contribution in [1.82, 2.24) is 20.9 Å². The molecule has 0 aliphatic rings. The van der Waals surface area contributed by atoms with E-state index in [2.05, 4.69) is 25.9 Å². The van der Waals surface area contributed by atoms with Gasteiger partial charge >= 0.3 is 0 Å². The Kier molecular flexibility index (Phi) is 7.37. The minimum absolute atomic E-state index is 0.178. The number of carbonyl (C=O) groups is 1. The van der Waals surface area contributed by atoms with E-state index in [0.717, 1.165) is 0 Å². The quantitative estimate of drug-likeness (QED) is 0.406. The molecule has 0 radical (unpaired) electrons. The lowest BCUT2D eigenvalue weighted by Crippen LogP contribution is -2.41. The van der Waals surface area contributed by atoms with Gasteiger partial charge in [0.25, 0.3) is 5.91 Å². The maximum Gasteiger partial charge on any atom is 0.252 e. The predicted molar refractivity (Wildman–Crippen MR) is 95.8 cm³/mol. The number of amides is 1. The van der Waals surface area contributed by atoms with E-state index >= 15 is 0 Å². The summed E-state index contributed by atoms with van der Waals surface area (Å²) >= 11 is 0. The Balaban J connectivity index is 1.80. The number of pyridine rings is 1. The van der Waals surface area contributed by atoms with E-state index in [1.807, 2.05) is 6.92 Å². The van der Waals surface area contributed by atoms with Gasteiger partial charge in [-0.15, -0.1) is 0 Å². The Bertz CT molecular complexity index is 706. The highest BCUT2D eigenvalue weighted by atomic mass is 19.1. The van der Waals surface area contributed by atoms with Gasteiger partial charge in [0.2, 0.25) is 0 Å². The van der Waals surface area contributed by atoms with Crippen LogP contribution in [0.15, 0.2) is 53.8 Å². The lowest BCUT2D eigenvalue weighted by Gasteiger charge is -2.12. The molecule has 0 fully saturated rings. The van der Waals surface area contributed by atoms with Crippen LogP contribution < -0.4 is 16.0 Å². The normalized spacial score (nSPS) is 11.0. The zero-order valence-corrected chi connectivity index (χ0v) is 14.1. The highest BCUT2D eigenvalue weighted by molar-refractivity contribution is 5.93. The van der Waals surface area contributed by atoms with Gasteiger partial charge in [0.05, 0.1) is 12.1 Å². The molecule has 3 N–H and O–H groups in total. The van der Waals surface area contributed by atoms with Gasteiger partial charge in [-0.3, -0.25) is 9.78 Å². The number of nitrogens with zero attached hydrogens (tertiary/aromatic N) is 2. The van der Waals surface area contributed by atoms with Gasteiger partial charge in [0.1, 0.15) is 5.82 Å². The van der Waals surface area contributed by atoms with Crippen LogP contribution in [0.1, 0.15) is 22.8 Å². The van der Waals surface area contributed by atoms with Gasteiger partial charge in [0.15, 0.2) is 5.96 Å². The van der Waals surface area contributed by atoms with Crippen LogP contribution in [0, 0.1) is 5.82 Å². The zero-order chi connectivity index (χ0) is 17.9. The molecule has 0 saturated carbocycles. The first-order chi connectivity index (χ1) is 12.2. The molecule has 132 valence electrons. The fraction of sp³-hybridized carbons (Fsp3) is 0.278. The van der Waals surface area contributed by atoms with Crippen molar-refractivity contribution in [3.63, 3.8) is 0 Å². The number of guanidine groups is 1. The van der Waals surface area contributed by atoms with E-state index in [0.29, 0.717) is 36.7 Å². The molecule has 0 saturated heterocycles. The molecule has 2 rings (SSSR count). The van der Waals surface area contributed by atoms with Gasteiger partial charge in [0, 0.05) is 37.6 Å². The first-order valence-electron chi connectivity index (χ1n) is 8.14. The third kappa shape index (κ3) is 6.21. The summed E-state index contributed by atoms with van der Waals surface area (Å²) in [5, 5.41) is 8.98. The molecule has 7 heteroatoms. The second-order valence-electron chi connectivity index (χ2n) is 5.21. The van der Waals surface area contributed by atoms with Crippen molar-refractivity contribution in [1.29, 1.82) is 0 Å². The fourth-order valence-electron chi connectivity index (χ4n) is 2.09. The number of benzene rings is 1. The molecule has 0 unspecified atom stereocenters. The lowest BCUT2D eigenvalue weighted by atomic mass is 10.2. The lowest BCUT2D eigenvalue weighted by molar-refractivity contribution is 0.0954. The summed E-state index contributed by atoms with van der Waals surface area (Å²) in [6.07, 6.45) is 3.13. The van der Waals surface area contributed by atoms with E-state index in [9.17, 15) is 9.18 Å². The summed E-state index contributed by atoms with van der Waals surface area (Å²) in [7, 11) is 0. The molecule has 6 nitrogen and oxygen atoms in total. The molecule has 1 aromatic carbocycles. The van der Waals surface area contributed by atoms with Gasteiger partial charge in [-0.1, -0.05) is 18.2 Å². The molecule has 0 aliphatic heterocycles. The summed E-state index contributed by atoms with van der Waals surface area (Å²) in [6.45, 7) is 3.80. The van der Waals surface area contributed by atoms with E-state index < -0.39 is 0 Å². The molecule has 2 aromatic rings. The Morgan fingerprint density at radius 3 is 2.64 bits per heavy atom. The molecule has 1 aromatic heterocycles. The number of nitrogens with one attached hydrogen (secondary N) is 3. The smallest absolute Gasteiger partial charge is 0.252 e. The topological polar surface area (TPSA) is 78.4 Å². The first kappa shape index (κ1) is 18.4. The van der Waals surface area contributed by atoms with Crippen LogP contribution in [0.2, 0.25) is 0 Å². The number of rotatable bonds is 7. The van der Waals surface area contributed by atoms with Crippen LogP contribution in [0.5, 0.6) is 0 Å². The molecular formula is C18H22FN5O. The van der Waals surface area contributed by atoms with Crippen molar-refractivity contribution in [2.45, 2.75) is 13.5 Å². The number of halogens is 1. The number of aliphatic imine (C=N–C) groups is 1. The van der Waals surface area contributed by atoms with Gasteiger partial charge in [-0.2, -0.15) is 0 Å². The summed E-state index contributed by atoms with van der Waals surface area (Å²) in [6, 6.07) is 9.97. The molecule has 25 heavy (non-hydrogen) atoms. The molecule has 1 amide bonds. The number of hydrogen-bond acceptors (Lipinski definition) is 3. The molecule has 0 aliphatic carbocycles. The van der Waals surface area contributed by atoms with Crippen LogP contribution in [0.25, 0.3) is 0 Å². The second-order valence-corrected chi connectivity index (χ2v) is 5.21. The molecule has 0 bridgehead atoms. The third-order valence-corrected chi connectivity index (χ3v) is 3.34. The predicted octanol–water partition coefficient (Wildman–Crippen LogP) is 1.71. The maximum absolute atomic E-state index is 13.6. The molecule has 0 atom stereocenters. The Morgan fingerprint density at radius 2 is 1.92 bits per heavy atom. The van der Waals surface area contributed by atoms with Crippen molar-refractivity contribution in [3.8, 4) is 0 Å². The van der Waals surface area contributed by atoms with Crippen LogP contribution in [0.4, 0.5) is 4.39 Å². The molecule has 1 heterocycles. The van der Waals surface area contributed by atoms with Crippen molar-refractivity contribution in [2.75, 3.05) is 19.6 Å². The molecule has 0 spiro atoms. The van der Waals surface area contributed by atoms with Crippen molar-refractivity contribution >= 4 is 11.9 Å². The standard InChI is InChI=1S/C18H22FN5O/c1-2-21-18(24-13-14-6-3-4-8-16(14)19)23-11-10-22-17(25)15-7-5-9-20-12-15/h3-9,12H,2,10-11,13H2,1H3,(H,22,25)(H2,21,23,24). The van der Waals surface area contributed by atoms with E-state index in [1.165, 1.54) is 12.3 Å². The number of aromatic nitrogens is 1. The zero-order valence-electron chi connectivity index (χ0n) is 14.1. The summed E-state index contributed by atoms with van der Waals surface area (Å²) in [4.78, 5) is 20.2. The van der Waals surface area contributed by atoms with E-state index in [4.69, 9.17) is 0 Å². The highest BCUT2D eigenvalue weighted by Crippen LogP contribution is 2.07. The fourth-order valence-corrected chi connectivity index (χ4v) is 2.09. The first-order valence-corrected chi connectivity index (χ1v) is 8.14. The average Bonchev–Trinajstić information content (AvgIpc) is 2.64. The SMILES string of the molecule is CCNC(=NCc1ccccc1F)NCCNC(=O)c1cccnc1. The summed E-state index contributed by atoms with van der Waals surface area (Å²) < 4.78 is 13.6. The van der Waals surface area contributed by atoms with Crippen LogP contribution >= 0.6 is 0 Å². The minimum Gasteiger partial charge on any atom is -0.357 e. The van der Waals surface area contributed by atoms with Crippen LogP contribution in [-0.4, -0.2) is 36.5 Å².